The Labute approximate surface area is 159 Å². The number of hydrogen-bond acceptors (Lipinski definition) is 4. The van der Waals surface area contributed by atoms with Crippen LogP contribution < -0.4 is 0 Å². The first-order chi connectivity index (χ1) is 13.2. The Morgan fingerprint density at radius 1 is 1.11 bits per heavy atom. The van der Waals surface area contributed by atoms with Gasteiger partial charge in [-0.2, -0.15) is 0 Å². The molecular weight excluding hydrogens is 343 g/mol. The van der Waals surface area contributed by atoms with E-state index in [-0.39, 0.29) is 17.6 Å². The first kappa shape index (κ1) is 18.0. The molecule has 0 aliphatic carbocycles. The summed E-state index contributed by atoms with van der Waals surface area (Å²) in [7, 11) is 0. The second-order valence-electron chi connectivity index (χ2n) is 7.46. The van der Waals surface area contributed by atoms with E-state index in [0.29, 0.717) is 13.1 Å². The summed E-state index contributed by atoms with van der Waals surface area (Å²) < 4.78 is 13.7. The maximum Gasteiger partial charge on any atom is 0.236 e. The summed E-state index contributed by atoms with van der Waals surface area (Å²) in [6.07, 6.45) is 7.62. The molecule has 0 bridgehead atoms. The summed E-state index contributed by atoms with van der Waals surface area (Å²) in [6, 6.07) is 6.47. The molecule has 4 rings (SSSR count). The van der Waals surface area contributed by atoms with E-state index in [1.54, 1.807) is 18.5 Å². The molecule has 142 valence electrons. The first-order valence-electron chi connectivity index (χ1n) is 9.77. The van der Waals surface area contributed by atoms with Gasteiger partial charge >= 0.3 is 0 Å². The molecular formula is C21H25FN4O. The Kier molecular flexibility index (Phi) is 5.43. The van der Waals surface area contributed by atoms with Crippen LogP contribution in [0.15, 0.2) is 36.7 Å². The van der Waals surface area contributed by atoms with Gasteiger partial charge in [0.25, 0.3) is 0 Å². The summed E-state index contributed by atoms with van der Waals surface area (Å²) in [5.41, 5.74) is 2.32. The van der Waals surface area contributed by atoms with Gasteiger partial charge in [-0.3, -0.25) is 19.7 Å². The second kappa shape index (κ2) is 8.13. The van der Waals surface area contributed by atoms with Crippen LogP contribution in [0, 0.1) is 5.82 Å². The summed E-state index contributed by atoms with van der Waals surface area (Å²) >= 11 is 0. The molecule has 2 aliphatic rings. The van der Waals surface area contributed by atoms with Crippen molar-refractivity contribution in [2.75, 3.05) is 32.7 Å². The van der Waals surface area contributed by atoms with Gasteiger partial charge in [0.05, 0.1) is 17.9 Å². The lowest BCUT2D eigenvalue weighted by Gasteiger charge is -2.34. The third kappa shape index (κ3) is 4.16. The maximum atomic E-state index is 13.7. The average Bonchev–Trinajstić information content (AvgIpc) is 3.21. The van der Waals surface area contributed by atoms with E-state index in [9.17, 15) is 9.18 Å². The van der Waals surface area contributed by atoms with Crippen LogP contribution in [0.5, 0.6) is 0 Å². The molecule has 1 aromatic carbocycles. The van der Waals surface area contributed by atoms with Crippen molar-refractivity contribution in [2.24, 2.45) is 0 Å². The lowest BCUT2D eigenvalue weighted by molar-refractivity contribution is -0.133. The van der Waals surface area contributed by atoms with Crippen LogP contribution >= 0.6 is 0 Å². The third-order valence-electron chi connectivity index (χ3n) is 5.54. The number of benzene rings is 1. The molecule has 27 heavy (non-hydrogen) atoms. The molecule has 2 aliphatic heterocycles. The van der Waals surface area contributed by atoms with Crippen LogP contribution in [0.2, 0.25) is 0 Å². The van der Waals surface area contributed by atoms with Crippen molar-refractivity contribution >= 4 is 5.91 Å². The Bertz CT molecular complexity index is 806. The average molecular weight is 368 g/mol. The van der Waals surface area contributed by atoms with Gasteiger partial charge < -0.3 is 4.90 Å². The van der Waals surface area contributed by atoms with E-state index in [4.69, 9.17) is 0 Å². The number of likely N-dealkylation sites (tertiary alicyclic amines) is 2. The molecule has 0 spiro atoms. The molecule has 2 aromatic rings. The number of carbonyl (C=O) groups excluding carboxylic acids is 1. The van der Waals surface area contributed by atoms with Crippen molar-refractivity contribution in [1.29, 1.82) is 0 Å². The second-order valence-corrected chi connectivity index (χ2v) is 7.46. The maximum absolute atomic E-state index is 13.7. The number of hydrogen-bond donors (Lipinski definition) is 0. The zero-order valence-corrected chi connectivity index (χ0v) is 15.5. The smallest absolute Gasteiger partial charge is 0.236 e. The van der Waals surface area contributed by atoms with E-state index in [0.717, 1.165) is 49.4 Å². The van der Waals surface area contributed by atoms with Crippen LogP contribution in [-0.2, 0) is 4.79 Å². The number of piperidine rings is 1. The number of nitrogens with zero attached hydrogens (tertiary/aromatic N) is 4. The number of carbonyl (C=O) groups is 1. The third-order valence-corrected chi connectivity index (χ3v) is 5.54. The molecule has 1 atom stereocenters. The van der Waals surface area contributed by atoms with E-state index < -0.39 is 0 Å². The van der Waals surface area contributed by atoms with Gasteiger partial charge in [-0.05, 0) is 50.9 Å². The molecule has 2 saturated heterocycles. The van der Waals surface area contributed by atoms with Crippen LogP contribution in [0.25, 0.3) is 11.3 Å². The minimum atomic E-state index is -0.282. The van der Waals surface area contributed by atoms with Gasteiger partial charge in [0.1, 0.15) is 5.82 Å². The quantitative estimate of drug-likeness (QED) is 0.832. The SMILES string of the molecule is O=C(CN1CCCC1)N1CCCC(c2nccnc2-c2cccc(F)c2)C1. The van der Waals surface area contributed by atoms with Crippen molar-refractivity contribution < 1.29 is 9.18 Å². The minimum Gasteiger partial charge on any atom is -0.341 e. The predicted octanol–water partition coefficient (Wildman–Crippen LogP) is 3.08. The molecule has 1 unspecified atom stereocenters. The van der Waals surface area contributed by atoms with Crippen molar-refractivity contribution in [3.05, 3.63) is 48.2 Å². The van der Waals surface area contributed by atoms with Crippen LogP contribution in [0.3, 0.4) is 0 Å². The van der Waals surface area contributed by atoms with Crippen LogP contribution in [-0.4, -0.2) is 58.4 Å². The molecule has 0 radical (unpaired) electrons. The lowest BCUT2D eigenvalue weighted by Crippen LogP contribution is -2.44. The molecule has 1 amide bonds. The zero-order chi connectivity index (χ0) is 18.6. The molecule has 1 aromatic heterocycles. The monoisotopic (exact) mass is 368 g/mol. The fourth-order valence-corrected chi connectivity index (χ4v) is 4.16. The van der Waals surface area contributed by atoms with E-state index in [1.165, 1.54) is 25.0 Å². The van der Waals surface area contributed by atoms with Gasteiger partial charge in [0, 0.05) is 37.0 Å². The Balaban J connectivity index is 1.52. The lowest BCUT2D eigenvalue weighted by atomic mass is 9.91. The van der Waals surface area contributed by atoms with E-state index in [2.05, 4.69) is 14.9 Å². The molecule has 5 nitrogen and oxygen atoms in total. The van der Waals surface area contributed by atoms with Gasteiger partial charge in [-0.15, -0.1) is 0 Å². The number of amides is 1. The normalized spacial score (nSPS) is 20.8. The molecule has 0 saturated carbocycles. The van der Waals surface area contributed by atoms with Crippen LogP contribution in [0.4, 0.5) is 4.39 Å². The highest BCUT2D eigenvalue weighted by Gasteiger charge is 2.29. The molecule has 2 fully saturated rings. The van der Waals surface area contributed by atoms with Crippen LogP contribution in [0.1, 0.15) is 37.3 Å². The summed E-state index contributed by atoms with van der Waals surface area (Å²) in [4.78, 5) is 26.0. The predicted molar refractivity (Wildman–Crippen MR) is 102 cm³/mol. The van der Waals surface area contributed by atoms with Gasteiger partial charge in [-0.1, -0.05) is 12.1 Å². The topological polar surface area (TPSA) is 49.3 Å². The molecule has 3 heterocycles. The highest BCUT2D eigenvalue weighted by Crippen LogP contribution is 2.32. The van der Waals surface area contributed by atoms with Gasteiger partial charge in [-0.25, -0.2) is 4.39 Å². The number of aromatic nitrogens is 2. The Hall–Kier alpha value is -2.34. The molecule has 6 heteroatoms. The Morgan fingerprint density at radius 2 is 1.93 bits per heavy atom. The summed E-state index contributed by atoms with van der Waals surface area (Å²) in [5.74, 6) is 0.0567. The number of rotatable bonds is 4. The summed E-state index contributed by atoms with van der Waals surface area (Å²) in [6.45, 7) is 4.03. The van der Waals surface area contributed by atoms with Crippen molar-refractivity contribution in [2.45, 2.75) is 31.6 Å². The van der Waals surface area contributed by atoms with Crippen molar-refractivity contribution in [1.82, 2.24) is 19.8 Å². The van der Waals surface area contributed by atoms with Gasteiger partial charge in [0.15, 0.2) is 0 Å². The first-order valence-corrected chi connectivity index (χ1v) is 9.77. The van der Waals surface area contributed by atoms with E-state index >= 15 is 0 Å². The highest BCUT2D eigenvalue weighted by molar-refractivity contribution is 5.78. The molecule has 0 N–H and O–H groups in total. The van der Waals surface area contributed by atoms with Crippen molar-refractivity contribution in [3.63, 3.8) is 0 Å². The highest BCUT2D eigenvalue weighted by atomic mass is 19.1. The fourth-order valence-electron chi connectivity index (χ4n) is 4.16. The minimum absolute atomic E-state index is 0.133. The zero-order valence-electron chi connectivity index (χ0n) is 15.5. The standard InChI is InChI=1S/C21H25FN4O/c22-18-7-3-5-16(13-18)20-21(24-9-8-23-20)17-6-4-12-26(14-17)19(27)15-25-10-1-2-11-25/h3,5,7-9,13,17H,1-2,4,6,10-12,14-15H2. The van der Waals surface area contributed by atoms with E-state index in [1.807, 2.05) is 11.0 Å². The number of halogens is 1. The fraction of sp³-hybridized carbons (Fsp3) is 0.476. The van der Waals surface area contributed by atoms with Gasteiger partial charge in [0.2, 0.25) is 5.91 Å². The van der Waals surface area contributed by atoms with Crippen molar-refractivity contribution in [3.8, 4) is 11.3 Å². The Morgan fingerprint density at radius 3 is 2.74 bits per heavy atom. The largest absolute Gasteiger partial charge is 0.341 e. The summed E-state index contributed by atoms with van der Waals surface area (Å²) in [5, 5.41) is 0.